The van der Waals surface area contributed by atoms with Gasteiger partial charge in [0.1, 0.15) is 5.75 Å². The number of methoxy groups -OCH3 is 1. The van der Waals surface area contributed by atoms with Crippen molar-refractivity contribution in [3.05, 3.63) is 92.9 Å². The van der Waals surface area contributed by atoms with Gasteiger partial charge in [-0.1, -0.05) is 53.0 Å². The first-order valence-electron chi connectivity index (χ1n) is 10.7. The van der Waals surface area contributed by atoms with Crippen molar-refractivity contribution in [2.45, 2.75) is 23.3 Å². The number of hydrogen-bond acceptors (Lipinski definition) is 4. The number of ether oxygens (including phenoxy) is 1. The Kier molecular flexibility index (Phi) is 6.19. The molecule has 0 radical (unpaired) electrons. The Morgan fingerprint density at radius 3 is 2.59 bits per heavy atom. The van der Waals surface area contributed by atoms with Crippen molar-refractivity contribution in [2.24, 2.45) is 5.92 Å². The van der Waals surface area contributed by atoms with E-state index in [1.807, 2.05) is 18.2 Å². The van der Waals surface area contributed by atoms with E-state index in [0.717, 1.165) is 23.2 Å². The number of allylic oxidation sites excluding steroid dienone is 2. The van der Waals surface area contributed by atoms with Crippen molar-refractivity contribution in [1.82, 2.24) is 0 Å². The normalized spacial score (nSPS) is 20.9. The highest BCUT2D eigenvalue weighted by Gasteiger charge is 2.38. The number of nitrogens with one attached hydrogen (secondary N) is 2. The van der Waals surface area contributed by atoms with E-state index in [1.165, 1.54) is 13.2 Å². The zero-order valence-corrected chi connectivity index (χ0v) is 21.1. The standard InChI is InChI=1S/C25H21Cl3N2O3S/c1-33-24-10-6-15(26)12-23(24)30-34(31,32)16-7-9-22-19(13-16)17-3-2-4-18(17)25(29-22)14-5-8-20(27)21(28)11-14/h2-3,5-13,17-18,25,29-30H,4H2,1H3/t17-,18+,25+/m0/s1. The summed E-state index contributed by atoms with van der Waals surface area (Å²) in [6.07, 6.45) is 5.17. The molecule has 0 bridgehead atoms. The Morgan fingerprint density at radius 1 is 1.00 bits per heavy atom. The summed E-state index contributed by atoms with van der Waals surface area (Å²) in [4.78, 5) is 0.169. The molecular weight excluding hydrogens is 515 g/mol. The molecule has 2 aliphatic rings. The van der Waals surface area contributed by atoms with Crippen molar-refractivity contribution in [2.75, 3.05) is 17.1 Å². The van der Waals surface area contributed by atoms with Crippen LogP contribution in [0.4, 0.5) is 11.4 Å². The zero-order chi connectivity index (χ0) is 24.0. The molecule has 5 rings (SSSR count). The third kappa shape index (κ3) is 4.24. The van der Waals surface area contributed by atoms with Crippen LogP contribution in [0.3, 0.4) is 0 Å². The largest absolute Gasteiger partial charge is 0.495 e. The van der Waals surface area contributed by atoms with Crippen LogP contribution in [0, 0.1) is 5.92 Å². The summed E-state index contributed by atoms with van der Waals surface area (Å²) in [5, 5.41) is 5.02. The summed E-state index contributed by atoms with van der Waals surface area (Å²) in [7, 11) is -2.40. The van der Waals surface area contributed by atoms with Crippen LogP contribution in [0.15, 0.2) is 71.6 Å². The van der Waals surface area contributed by atoms with Gasteiger partial charge in [-0.2, -0.15) is 0 Å². The highest BCUT2D eigenvalue weighted by Crippen LogP contribution is 2.50. The van der Waals surface area contributed by atoms with Gasteiger partial charge < -0.3 is 10.1 Å². The van der Waals surface area contributed by atoms with Gasteiger partial charge in [0, 0.05) is 16.6 Å². The molecule has 0 saturated heterocycles. The van der Waals surface area contributed by atoms with Crippen molar-refractivity contribution >= 4 is 56.2 Å². The number of benzene rings is 3. The minimum absolute atomic E-state index is 0.0265. The Morgan fingerprint density at radius 2 is 1.82 bits per heavy atom. The maximum Gasteiger partial charge on any atom is 0.262 e. The van der Waals surface area contributed by atoms with Crippen LogP contribution in [0.2, 0.25) is 15.1 Å². The van der Waals surface area contributed by atoms with Crippen molar-refractivity contribution in [3.63, 3.8) is 0 Å². The third-order valence-corrected chi connectivity index (χ3v) is 8.69. The predicted molar refractivity (Wildman–Crippen MR) is 138 cm³/mol. The molecule has 1 aliphatic carbocycles. The first-order chi connectivity index (χ1) is 16.3. The van der Waals surface area contributed by atoms with Gasteiger partial charge in [-0.15, -0.1) is 0 Å². The highest BCUT2D eigenvalue weighted by molar-refractivity contribution is 7.92. The van der Waals surface area contributed by atoms with E-state index < -0.39 is 10.0 Å². The molecule has 0 spiro atoms. The average Bonchev–Trinajstić information content (AvgIpc) is 3.30. The summed E-state index contributed by atoms with van der Waals surface area (Å²) in [5.41, 5.74) is 3.16. The van der Waals surface area contributed by atoms with Crippen LogP contribution in [0.1, 0.15) is 29.5 Å². The summed E-state index contributed by atoms with van der Waals surface area (Å²) >= 11 is 18.5. The number of anilines is 2. The summed E-state index contributed by atoms with van der Waals surface area (Å²) < 4.78 is 34.4. The Hall–Kier alpha value is -2.38. The number of sulfonamides is 1. The second-order valence-corrected chi connectivity index (χ2v) is 11.3. The van der Waals surface area contributed by atoms with E-state index in [2.05, 4.69) is 22.2 Å². The van der Waals surface area contributed by atoms with Crippen LogP contribution in [0.25, 0.3) is 0 Å². The minimum Gasteiger partial charge on any atom is -0.495 e. The van der Waals surface area contributed by atoms with Gasteiger partial charge in [0.05, 0.1) is 33.8 Å². The van der Waals surface area contributed by atoms with Gasteiger partial charge in [0.15, 0.2) is 0 Å². The molecule has 2 N–H and O–H groups in total. The molecule has 0 amide bonds. The van der Waals surface area contributed by atoms with Gasteiger partial charge in [-0.3, -0.25) is 4.72 Å². The van der Waals surface area contributed by atoms with Crippen LogP contribution < -0.4 is 14.8 Å². The van der Waals surface area contributed by atoms with Crippen molar-refractivity contribution in [3.8, 4) is 5.75 Å². The van der Waals surface area contributed by atoms with Gasteiger partial charge in [0.2, 0.25) is 0 Å². The van der Waals surface area contributed by atoms with Gasteiger partial charge in [0.25, 0.3) is 10.0 Å². The van der Waals surface area contributed by atoms with Crippen LogP contribution >= 0.6 is 34.8 Å². The first-order valence-corrected chi connectivity index (χ1v) is 13.3. The Labute approximate surface area is 213 Å². The Bertz CT molecular complexity index is 1410. The molecule has 1 heterocycles. The van der Waals surface area contributed by atoms with Crippen LogP contribution in [0.5, 0.6) is 5.75 Å². The molecule has 0 aromatic heterocycles. The molecule has 3 atom stereocenters. The van der Waals surface area contributed by atoms with Crippen molar-refractivity contribution < 1.29 is 13.2 Å². The second-order valence-electron chi connectivity index (χ2n) is 8.35. The van der Waals surface area contributed by atoms with E-state index in [4.69, 9.17) is 39.5 Å². The lowest BCUT2D eigenvalue weighted by atomic mass is 9.77. The van der Waals surface area contributed by atoms with Crippen molar-refractivity contribution in [1.29, 1.82) is 0 Å². The lowest BCUT2D eigenvalue weighted by Gasteiger charge is -2.37. The first kappa shape index (κ1) is 23.4. The number of hydrogen-bond donors (Lipinski definition) is 2. The smallest absolute Gasteiger partial charge is 0.262 e. The molecule has 3 aromatic carbocycles. The zero-order valence-electron chi connectivity index (χ0n) is 18.1. The molecule has 0 saturated carbocycles. The molecule has 34 heavy (non-hydrogen) atoms. The molecule has 176 valence electrons. The van der Waals surface area contributed by atoms with E-state index in [1.54, 1.807) is 30.3 Å². The molecular formula is C25H21Cl3N2O3S. The molecule has 0 unspecified atom stereocenters. The summed E-state index contributed by atoms with van der Waals surface area (Å²) in [5.74, 6) is 0.686. The van der Waals surface area contributed by atoms with Gasteiger partial charge >= 0.3 is 0 Å². The van der Waals surface area contributed by atoms with Crippen LogP contribution in [-0.2, 0) is 10.0 Å². The molecule has 9 heteroatoms. The predicted octanol–water partition coefficient (Wildman–Crippen LogP) is 7.28. The summed E-state index contributed by atoms with van der Waals surface area (Å²) in [6.45, 7) is 0. The fraction of sp³-hybridized carbons (Fsp3) is 0.200. The summed E-state index contributed by atoms with van der Waals surface area (Å²) in [6, 6.07) is 15.6. The molecule has 5 nitrogen and oxygen atoms in total. The van der Waals surface area contributed by atoms with E-state index in [0.29, 0.717) is 20.8 Å². The fourth-order valence-corrected chi connectivity index (χ4v) is 6.31. The number of halogens is 3. The van der Waals surface area contributed by atoms with Gasteiger partial charge in [-0.25, -0.2) is 8.42 Å². The maximum absolute atomic E-state index is 13.2. The maximum atomic E-state index is 13.2. The van der Waals surface area contributed by atoms with E-state index >= 15 is 0 Å². The molecule has 3 aromatic rings. The highest BCUT2D eigenvalue weighted by atomic mass is 35.5. The molecule has 1 aliphatic heterocycles. The van der Waals surface area contributed by atoms with Gasteiger partial charge in [-0.05, 0) is 72.0 Å². The number of rotatable bonds is 5. The quantitative estimate of drug-likeness (QED) is 0.337. The van der Waals surface area contributed by atoms with E-state index in [9.17, 15) is 8.42 Å². The molecule has 0 fully saturated rings. The monoisotopic (exact) mass is 534 g/mol. The average molecular weight is 536 g/mol. The van der Waals surface area contributed by atoms with E-state index in [-0.39, 0.29) is 28.5 Å². The minimum atomic E-state index is -3.87. The lowest BCUT2D eigenvalue weighted by molar-refractivity contribution is 0.417. The number of fused-ring (bicyclic) bond motifs is 3. The lowest BCUT2D eigenvalue weighted by Crippen LogP contribution is -2.29. The topological polar surface area (TPSA) is 67.4 Å². The SMILES string of the molecule is COc1ccc(Cl)cc1NS(=O)(=O)c1ccc2c(c1)[C@H]1C=CC[C@H]1[C@@H](c1ccc(Cl)c(Cl)c1)N2. The fourth-order valence-electron chi connectivity index (χ4n) is 4.74. The Balaban J connectivity index is 1.50. The third-order valence-electron chi connectivity index (χ3n) is 6.35. The second kappa shape index (κ2) is 9.00. The van der Waals surface area contributed by atoms with Crippen LogP contribution in [-0.4, -0.2) is 15.5 Å².